The lowest BCUT2D eigenvalue weighted by Gasteiger charge is -2.28. The lowest BCUT2D eigenvalue weighted by atomic mass is 10.3. The van der Waals surface area contributed by atoms with Crippen molar-refractivity contribution in [3.05, 3.63) is 22.7 Å². The molecule has 0 bridgehead atoms. The third kappa shape index (κ3) is 1.83. The van der Waals surface area contributed by atoms with Crippen molar-refractivity contribution in [2.45, 2.75) is 0 Å². The molecule has 0 aliphatic carbocycles. The number of aromatic nitrogens is 5. The van der Waals surface area contributed by atoms with Gasteiger partial charge < -0.3 is 10.2 Å². The van der Waals surface area contributed by atoms with Crippen LogP contribution in [0, 0.1) is 0 Å². The predicted molar refractivity (Wildman–Crippen MR) is 78.9 cm³/mol. The van der Waals surface area contributed by atoms with Crippen LogP contribution in [0.5, 0.6) is 0 Å². The molecule has 1 aliphatic rings. The first-order valence-corrected chi connectivity index (χ1v) is 7.25. The molecular formula is C12H12BrN7. The van der Waals surface area contributed by atoms with Crippen LogP contribution in [0.25, 0.3) is 16.7 Å². The molecule has 0 saturated carbocycles. The fourth-order valence-corrected chi connectivity index (χ4v) is 2.86. The molecule has 4 rings (SSSR count). The Morgan fingerprint density at radius 3 is 2.90 bits per heavy atom. The highest BCUT2D eigenvalue weighted by Crippen LogP contribution is 2.24. The topological polar surface area (TPSA) is 71.2 Å². The van der Waals surface area contributed by atoms with Crippen LogP contribution in [-0.4, -0.2) is 51.2 Å². The van der Waals surface area contributed by atoms with E-state index >= 15 is 0 Å². The van der Waals surface area contributed by atoms with Crippen molar-refractivity contribution in [2.75, 3.05) is 31.1 Å². The summed E-state index contributed by atoms with van der Waals surface area (Å²) in [6.07, 6.45) is 0. The minimum absolute atomic E-state index is 0.710. The lowest BCUT2D eigenvalue weighted by molar-refractivity contribution is 0.586. The van der Waals surface area contributed by atoms with Gasteiger partial charge in [-0.05, 0) is 28.6 Å². The molecule has 7 nitrogen and oxygen atoms in total. The molecule has 102 valence electrons. The summed E-state index contributed by atoms with van der Waals surface area (Å²) in [4.78, 5) is 6.99. The summed E-state index contributed by atoms with van der Waals surface area (Å²) >= 11 is 3.48. The van der Waals surface area contributed by atoms with Gasteiger partial charge in [-0.15, -0.1) is 5.10 Å². The molecule has 3 heterocycles. The van der Waals surface area contributed by atoms with Crippen LogP contribution in [0.15, 0.2) is 22.7 Å². The first-order valence-electron chi connectivity index (χ1n) is 6.46. The van der Waals surface area contributed by atoms with Gasteiger partial charge in [-0.2, -0.15) is 4.52 Å². The predicted octanol–water partition coefficient (Wildman–Crippen LogP) is 0.845. The number of rotatable bonds is 1. The number of anilines is 1. The van der Waals surface area contributed by atoms with Gasteiger partial charge in [0.05, 0.1) is 11.0 Å². The number of nitrogens with zero attached hydrogens (tertiary/aromatic N) is 6. The minimum atomic E-state index is 0.710. The molecule has 0 radical (unpaired) electrons. The number of hydrogen-bond donors (Lipinski definition) is 1. The van der Waals surface area contributed by atoms with Gasteiger partial charge in [0, 0.05) is 30.7 Å². The SMILES string of the molecule is Brc1ccc2c(c1)nc(N1CCNCC1)c1nnnn12. The summed E-state index contributed by atoms with van der Waals surface area (Å²) in [5.74, 6) is 0.849. The van der Waals surface area contributed by atoms with Gasteiger partial charge in [-0.3, -0.25) is 0 Å². The lowest BCUT2D eigenvalue weighted by Crippen LogP contribution is -2.44. The van der Waals surface area contributed by atoms with E-state index in [4.69, 9.17) is 4.98 Å². The molecule has 20 heavy (non-hydrogen) atoms. The van der Waals surface area contributed by atoms with E-state index in [-0.39, 0.29) is 0 Å². The van der Waals surface area contributed by atoms with Gasteiger partial charge in [-0.1, -0.05) is 15.9 Å². The van der Waals surface area contributed by atoms with Crippen molar-refractivity contribution in [1.29, 1.82) is 0 Å². The van der Waals surface area contributed by atoms with Crippen LogP contribution in [0.2, 0.25) is 0 Å². The Balaban J connectivity index is 1.99. The Bertz CT molecular complexity index is 778. The van der Waals surface area contributed by atoms with Crippen molar-refractivity contribution in [1.82, 2.24) is 30.3 Å². The zero-order chi connectivity index (χ0) is 13.5. The van der Waals surface area contributed by atoms with Gasteiger partial charge in [0.25, 0.3) is 0 Å². The van der Waals surface area contributed by atoms with Gasteiger partial charge in [0.2, 0.25) is 5.65 Å². The van der Waals surface area contributed by atoms with E-state index in [9.17, 15) is 0 Å². The third-order valence-corrected chi connectivity index (χ3v) is 3.97. The van der Waals surface area contributed by atoms with Crippen LogP contribution >= 0.6 is 15.9 Å². The standard InChI is InChI=1S/C12H12BrN7/c13-8-1-2-10-9(7-8)15-11(12-16-17-18-20(10)12)19-5-3-14-4-6-19/h1-2,7,14H,3-6H2. The highest BCUT2D eigenvalue weighted by Gasteiger charge is 2.19. The summed E-state index contributed by atoms with van der Waals surface area (Å²) in [6, 6.07) is 5.93. The molecule has 1 aliphatic heterocycles. The zero-order valence-corrected chi connectivity index (χ0v) is 12.2. The molecular weight excluding hydrogens is 322 g/mol. The Labute approximate surface area is 123 Å². The first-order chi connectivity index (χ1) is 9.83. The summed E-state index contributed by atoms with van der Waals surface area (Å²) in [7, 11) is 0. The molecule has 0 spiro atoms. The van der Waals surface area contributed by atoms with E-state index in [2.05, 4.69) is 41.7 Å². The van der Waals surface area contributed by atoms with Gasteiger partial charge in [0.1, 0.15) is 0 Å². The van der Waals surface area contributed by atoms with Crippen molar-refractivity contribution in [3.63, 3.8) is 0 Å². The first kappa shape index (κ1) is 12.0. The maximum absolute atomic E-state index is 4.76. The zero-order valence-electron chi connectivity index (χ0n) is 10.6. The molecule has 1 aromatic carbocycles. The fourth-order valence-electron chi connectivity index (χ4n) is 2.51. The Kier molecular flexibility index (Phi) is 2.78. The molecule has 8 heteroatoms. The highest BCUT2D eigenvalue weighted by atomic mass is 79.9. The van der Waals surface area contributed by atoms with E-state index < -0.39 is 0 Å². The maximum atomic E-state index is 4.76. The fraction of sp³-hybridized carbons (Fsp3) is 0.333. The largest absolute Gasteiger partial charge is 0.351 e. The second kappa shape index (κ2) is 4.64. The molecule has 1 fully saturated rings. The average Bonchev–Trinajstić information content (AvgIpc) is 2.96. The third-order valence-electron chi connectivity index (χ3n) is 3.48. The normalized spacial score (nSPS) is 16.1. The summed E-state index contributed by atoms with van der Waals surface area (Å²) in [6.45, 7) is 3.72. The van der Waals surface area contributed by atoms with E-state index in [0.717, 1.165) is 47.5 Å². The molecule has 2 aromatic heterocycles. The van der Waals surface area contributed by atoms with Gasteiger partial charge in [-0.25, -0.2) is 4.98 Å². The van der Waals surface area contributed by atoms with Gasteiger partial charge >= 0.3 is 0 Å². The van der Waals surface area contributed by atoms with Crippen LogP contribution in [0.3, 0.4) is 0 Å². The second-order valence-electron chi connectivity index (χ2n) is 4.72. The van der Waals surface area contributed by atoms with Crippen LogP contribution in [0.1, 0.15) is 0 Å². The Hall–Kier alpha value is -1.80. The second-order valence-corrected chi connectivity index (χ2v) is 5.64. The van der Waals surface area contributed by atoms with E-state index in [0.29, 0.717) is 5.65 Å². The van der Waals surface area contributed by atoms with Crippen LogP contribution < -0.4 is 10.2 Å². The number of halogens is 1. The number of benzene rings is 1. The summed E-state index contributed by atoms with van der Waals surface area (Å²) < 4.78 is 2.75. The molecule has 1 N–H and O–H groups in total. The minimum Gasteiger partial charge on any atom is -0.351 e. The number of piperazine rings is 1. The number of nitrogens with one attached hydrogen (secondary N) is 1. The van der Waals surface area contributed by atoms with Crippen LogP contribution in [0.4, 0.5) is 5.82 Å². The van der Waals surface area contributed by atoms with Crippen molar-refractivity contribution >= 4 is 38.4 Å². The monoisotopic (exact) mass is 333 g/mol. The van der Waals surface area contributed by atoms with Crippen molar-refractivity contribution in [2.24, 2.45) is 0 Å². The summed E-state index contributed by atoms with van der Waals surface area (Å²) in [5.41, 5.74) is 2.50. The van der Waals surface area contributed by atoms with Crippen LogP contribution in [-0.2, 0) is 0 Å². The highest BCUT2D eigenvalue weighted by molar-refractivity contribution is 9.10. The molecule has 3 aromatic rings. The number of fused-ring (bicyclic) bond motifs is 3. The van der Waals surface area contributed by atoms with E-state index in [1.807, 2.05) is 18.2 Å². The smallest absolute Gasteiger partial charge is 0.222 e. The van der Waals surface area contributed by atoms with Crippen molar-refractivity contribution in [3.8, 4) is 0 Å². The van der Waals surface area contributed by atoms with Gasteiger partial charge in [0.15, 0.2) is 5.82 Å². The molecule has 0 unspecified atom stereocenters. The number of hydrogen-bond acceptors (Lipinski definition) is 6. The molecule has 1 saturated heterocycles. The molecule has 0 amide bonds. The Morgan fingerprint density at radius 1 is 1.20 bits per heavy atom. The summed E-state index contributed by atoms with van der Waals surface area (Å²) in [5, 5.41) is 15.4. The van der Waals surface area contributed by atoms with E-state index in [1.54, 1.807) is 4.52 Å². The number of tetrazole rings is 1. The molecule has 0 atom stereocenters. The van der Waals surface area contributed by atoms with E-state index in [1.165, 1.54) is 0 Å². The average molecular weight is 334 g/mol. The van der Waals surface area contributed by atoms with Crippen molar-refractivity contribution < 1.29 is 0 Å². The maximum Gasteiger partial charge on any atom is 0.222 e. The Morgan fingerprint density at radius 2 is 2.05 bits per heavy atom. The quantitative estimate of drug-likeness (QED) is 0.711.